The minimum Gasteiger partial charge on any atom is -0.457 e. The average Bonchev–Trinajstić information content (AvgIpc) is 3.28. The number of ether oxygens (including phenoxy) is 2. The Kier molecular flexibility index (Phi) is 4.18. The predicted octanol–water partition coefficient (Wildman–Crippen LogP) is 3.90. The zero-order valence-corrected chi connectivity index (χ0v) is 14.8. The lowest BCUT2D eigenvalue weighted by Crippen LogP contribution is -2.44. The Hall–Kier alpha value is -3.15. The molecule has 0 N–H and O–H groups in total. The van der Waals surface area contributed by atoms with E-state index in [-0.39, 0.29) is 11.4 Å². The summed E-state index contributed by atoms with van der Waals surface area (Å²) in [5, 5.41) is 0. The number of carbonyl (C=O) groups is 3. The minimum atomic E-state index is -1.09. The summed E-state index contributed by atoms with van der Waals surface area (Å²) in [7, 11) is 0. The molecule has 1 aromatic heterocycles. The predicted molar refractivity (Wildman–Crippen MR) is 95.5 cm³/mol. The summed E-state index contributed by atoms with van der Waals surface area (Å²) in [5.41, 5.74) is 1.21. The second kappa shape index (κ2) is 6.54. The van der Waals surface area contributed by atoms with Gasteiger partial charge in [0.1, 0.15) is 17.1 Å². The highest BCUT2D eigenvalue weighted by molar-refractivity contribution is 6.18. The summed E-state index contributed by atoms with van der Waals surface area (Å²) in [5.74, 6) is -1.57. The highest BCUT2D eigenvalue weighted by Gasteiger charge is 2.48. The van der Waals surface area contributed by atoms with Crippen LogP contribution in [0.1, 0.15) is 48.7 Å². The van der Waals surface area contributed by atoms with Gasteiger partial charge in [-0.15, -0.1) is 0 Å². The minimum absolute atomic E-state index is 0.0132. The van der Waals surface area contributed by atoms with Gasteiger partial charge in [-0.25, -0.2) is 9.59 Å². The molecule has 2 aliphatic rings. The van der Waals surface area contributed by atoms with Gasteiger partial charge >= 0.3 is 11.9 Å². The van der Waals surface area contributed by atoms with Crippen LogP contribution in [0.4, 0.5) is 0 Å². The highest BCUT2D eigenvalue weighted by atomic mass is 16.7. The van der Waals surface area contributed by atoms with Crippen molar-refractivity contribution in [1.82, 2.24) is 0 Å². The fourth-order valence-corrected chi connectivity index (χ4v) is 3.38. The van der Waals surface area contributed by atoms with Crippen molar-refractivity contribution in [3.8, 4) is 11.3 Å². The SMILES string of the molecule is CC(=O)c1ccc(-c2ccc(C=C3C(=O)OC4(CCCC4)OC3=O)o2)cc1. The van der Waals surface area contributed by atoms with E-state index in [9.17, 15) is 14.4 Å². The van der Waals surface area contributed by atoms with Crippen LogP contribution < -0.4 is 0 Å². The molecule has 1 saturated heterocycles. The standard InChI is InChI=1S/C21H18O6/c1-13(22)14-4-6-15(7-5-14)18-9-8-16(25-18)12-17-19(23)26-21(27-20(17)24)10-2-3-11-21/h4-9,12H,2-3,10-11H2,1H3. The summed E-state index contributed by atoms with van der Waals surface area (Å²) in [6.07, 6.45) is 4.14. The summed E-state index contributed by atoms with van der Waals surface area (Å²) in [6, 6.07) is 10.4. The molecule has 2 heterocycles. The quantitative estimate of drug-likeness (QED) is 0.355. The Morgan fingerprint density at radius 2 is 1.59 bits per heavy atom. The molecule has 1 saturated carbocycles. The molecule has 0 unspecified atom stereocenters. The molecule has 0 atom stereocenters. The lowest BCUT2D eigenvalue weighted by molar-refractivity contribution is -0.232. The van der Waals surface area contributed by atoms with Crippen LogP contribution in [0.2, 0.25) is 0 Å². The van der Waals surface area contributed by atoms with Crippen molar-refractivity contribution in [2.45, 2.75) is 38.4 Å². The normalized spacial score (nSPS) is 18.3. The van der Waals surface area contributed by atoms with Gasteiger partial charge in [0.2, 0.25) is 0 Å². The maximum Gasteiger partial charge on any atom is 0.349 e. The first-order valence-corrected chi connectivity index (χ1v) is 8.85. The summed E-state index contributed by atoms with van der Waals surface area (Å²) < 4.78 is 16.5. The van der Waals surface area contributed by atoms with Gasteiger partial charge in [0.15, 0.2) is 5.78 Å². The molecule has 4 rings (SSSR count). The second-order valence-electron chi connectivity index (χ2n) is 6.79. The number of hydrogen-bond acceptors (Lipinski definition) is 6. The van der Waals surface area contributed by atoms with Gasteiger partial charge in [0.05, 0.1) is 0 Å². The third kappa shape index (κ3) is 3.30. The number of carbonyl (C=O) groups excluding carboxylic acids is 3. The Morgan fingerprint density at radius 3 is 2.19 bits per heavy atom. The first-order valence-electron chi connectivity index (χ1n) is 8.85. The van der Waals surface area contributed by atoms with Crippen LogP contribution in [0.3, 0.4) is 0 Å². The lowest BCUT2D eigenvalue weighted by atomic mass is 10.1. The summed E-state index contributed by atoms with van der Waals surface area (Å²) in [4.78, 5) is 35.9. The Labute approximate surface area is 155 Å². The maximum atomic E-state index is 12.3. The van der Waals surface area contributed by atoms with Crippen molar-refractivity contribution < 1.29 is 28.3 Å². The van der Waals surface area contributed by atoms with Crippen LogP contribution in [-0.2, 0) is 19.1 Å². The lowest BCUT2D eigenvalue weighted by Gasteiger charge is -2.32. The molecule has 2 aromatic rings. The Morgan fingerprint density at radius 1 is 0.963 bits per heavy atom. The van der Waals surface area contributed by atoms with E-state index in [2.05, 4.69) is 0 Å². The number of esters is 2. The van der Waals surface area contributed by atoms with Crippen LogP contribution in [0.25, 0.3) is 17.4 Å². The van der Waals surface area contributed by atoms with E-state index in [0.717, 1.165) is 18.4 Å². The molecule has 1 aliphatic carbocycles. The molecule has 6 heteroatoms. The summed E-state index contributed by atoms with van der Waals surface area (Å²) >= 11 is 0. The van der Waals surface area contributed by atoms with Gasteiger partial charge in [-0.2, -0.15) is 0 Å². The Balaban J connectivity index is 1.55. The van der Waals surface area contributed by atoms with Crippen LogP contribution in [0.15, 0.2) is 46.4 Å². The van der Waals surface area contributed by atoms with E-state index in [0.29, 0.717) is 29.9 Å². The molecule has 27 heavy (non-hydrogen) atoms. The Bertz CT molecular complexity index is 919. The van der Waals surface area contributed by atoms with E-state index >= 15 is 0 Å². The molecule has 0 amide bonds. The number of rotatable bonds is 3. The molecular weight excluding hydrogens is 348 g/mol. The average molecular weight is 366 g/mol. The van der Waals surface area contributed by atoms with Crippen molar-refractivity contribution in [3.05, 3.63) is 53.3 Å². The molecule has 6 nitrogen and oxygen atoms in total. The van der Waals surface area contributed by atoms with Crippen molar-refractivity contribution in [2.24, 2.45) is 0 Å². The van der Waals surface area contributed by atoms with Crippen LogP contribution in [0, 0.1) is 0 Å². The van der Waals surface area contributed by atoms with Crippen LogP contribution in [0.5, 0.6) is 0 Å². The van der Waals surface area contributed by atoms with Crippen molar-refractivity contribution in [2.75, 3.05) is 0 Å². The molecule has 1 spiro atoms. The van der Waals surface area contributed by atoms with Gasteiger partial charge < -0.3 is 13.9 Å². The monoisotopic (exact) mass is 366 g/mol. The fraction of sp³-hybridized carbons (Fsp3) is 0.286. The first-order chi connectivity index (χ1) is 13.0. The van der Waals surface area contributed by atoms with Gasteiger partial charge in [0, 0.05) is 30.0 Å². The van der Waals surface area contributed by atoms with E-state index in [1.165, 1.54) is 13.0 Å². The largest absolute Gasteiger partial charge is 0.457 e. The van der Waals surface area contributed by atoms with Gasteiger partial charge in [0.25, 0.3) is 5.79 Å². The molecule has 1 aliphatic heterocycles. The fourth-order valence-electron chi connectivity index (χ4n) is 3.38. The van der Waals surface area contributed by atoms with Crippen LogP contribution in [-0.4, -0.2) is 23.5 Å². The molecular formula is C21H18O6. The maximum absolute atomic E-state index is 12.3. The summed E-state index contributed by atoms with van der Waals surface area (Å²) in [6.45, 7) is 1.50. The smallest absolute Gasteiger partial charge is 0.349 e. The topological polar surface area (TPSA) is 82.8 Å². The zero-order valence-electron chi connectivity index (χ0n) is 14.8. The number of ketones is 1. The van der Waals surface area contributed by atoms with Gasteiger partial charge in [-0.1, -0.05) is 24.3 Å². The van der Waals surface area contributed by atoms with Gasteiger partial charge in [-0.3, -0.25) is 4.79 Å². The molecule has 1 aromatic carbocycles. The molecule has 138 valence electrons. The molecule has 0 bridgehead atoms. The number of hydrogen-bond donors (Lipinski definition) is 0. The third-order valence-corrected chi connectivity index (χ3v) is 4.85. The number of Topliss-reactive ketones (excluding diaryl/α,β-unsaturated/α-hetero) is 1. The van der Waals surface area contributed by atoms with E-state index in [4.69, 9.17) is 13.9 Å². The molecule has 2 fully saturated rings. The van der Waals surface area contributed by atoms with Gasteiger partial charge in [-0.05, 0) is 31.9 Å². The van der Waals surface area contributed by atoms with Crippen molar-refractivity contribution >= 4 is 23.8 Å². The molecule has 0 radical (unpaired) electrons. The first kappa shape index (κ1) is 17.3. The van der Waals surface area contributed by atoms with Crippen molar-refractivity contribution in [1.29, 1.82) is 0 Å². The van der Waals surface area contributed by atoms with Crippen molar-refractivity contribution in [3.63, 3.8) is 0 Å². The van der Waals surface area contributed by atoms with Crippen LogP contribution >= 0.6 is 0 Å². The number of furan rings is 1. The second-order valence-corrected chi connectivity index (χ2v) is 6.79. The van der Waals surface area contributed by atoms with E-state index < -0.39 is 17.7 Å². The number of benzene rings is 1. The highest BCUT2D eigenvalue weighted by Crippen LogP contribution is 2.38. The van der Waals surface area contributed by atoms with E-state index in [1.807, 2.05) is 0 Å². The van der Waals surface area contributed by atoms with E-state index in [1.54, 1.807) is 36.4 Å². The zero-order chi connectivity index (χ0) is 19.0. The third-order valence-electron chi connectivity index (χ3n) is 4.85.